The molecule has 0 bridgehead atoms. The number of aliphatic imine (C=N–C) groups is 1. The maximum atomic E-state index is 17.2. The summed E-state index contributed by atoms with van der Waals surface area (Å²) in [6.45, 7) is 3.25. The topological polar surface area (TPSA) is 82.8 Å². The van der Waals surface area contributed by atoms with Crippen LogP contribution in [0, 0.1) is 5.82 Å². The number of ether oxygens (including phenoxy) is 3. The van der Waals surface area contributed by atoms with Crippen LogP contribution < -0.4 is 14.8 Å². The molecular weight excluding hydrogens is 761 g/mol. The van der Waals surface area contributed by atoms with E-state index in [4.69, 9.17) is 19.2 Å². The molecule has 8 nitrogen and oxygen atoms in total. The molecular formula is C44H39F6N5O3. The molecule has 0 spiro atoms. The lowest BCUT2D eigenvalue weighted by molar-refractivity contribution is -0.214. The van der Waals surface area contributed by atoms with Crippen LogP contribution in [0.5, 0.6) is 11.5 Å². The first-order valence-corrected chi connectivity index (χ1v) is 18.1. The molecule has 1 aliphatic rings. The minimum absolute atomic E-state index is 0.00528. The highest BCUT2D eigenvalue weighted by atomic mass is 19.4. The van der Waals surface area contributed by atoms with Crippen molar-refractivity contribution in [1.29, 1.82) is 0 Å². The molecule has 1 atom stereocenters. The number of imidazole rings is 1. The number of aromatic nitrogens is 3. The van der Waals surface area contributed by atoms with Crippen LogP contribution in [0.3, 0.4) is 0 Å². The van der Waals surface area contributed by atoms with Crippen LogP contribution in [0.2, 0.25) is 0 Å². The van der Waals surface area contributed by atoms with Crippen molar-refractivity contribution < 1.29 is 40.6 Å². The summed E-state index contributed by atoms with van der Waals surface area (Å²) in [4.78, 5) is 13.0. The van der Waals surface area contributed by atoms with E-state index in [1.54, 1.807) is 38.5 Å². The predicted octanol–water partition coefficient (Wildman–Crippen LogP) is 9.75. The van der Waals surface area contributed by atoms with Crippen molar-refractivity contribution in [1.82, 2.24) is 19.9 Å². The minimum Gasteiger partial charge on any atom is -0.497 e. The second-order valence-corrected chi connectivity index (χ2v) is 14.5. The molecule has 6 aromatic rings. The molecule has 0 aliphatic carbocycles. The predicted molar refractivity (Wildman–Crippen MR) is 207 cm³/mol. The number of benzene rings is 4. The van der Waals surface area contributed by atoms with Gasteiger partial charge in [-0.25, -0.2) is 23.1 Å². The lowest BCUT2D eigenvalue weighted by Crippen LogP contribution is -2.56. The zero-order chi connectivity index (χ0) is 41.5. The van der Waals surface area contributed by atoms with Gasteiger partial charge in [0.2, 0.25) is 0 Å². The number of methoxy groups -OCH3 is 2. The summed E-state index contributed by atoms with van der Waals surface area (Å²) in [5.41, 5.74) is -4.75. The van der Waals surface area contributed by atoms with E-state index in [-0.39, 0.29) is 22.9 Å². The average Bonchev–Trinajstić information content (AvgIpc) is 3.70. The molecule has 7 rings (SSSR count). The van der Waals surface area contributed by atoms with E-state index in [1.165, 1.54) is 56.1 Å². The quantitative estimate of drug-likeness (QED) is 0.116. The first kappa shape index (κ1) is 40.1. The van der Waals surface area contributed by atoms with Crippen LogP contribution in [-0.4, -0.2) is 52.7 Å². The molecule has 1 aliphatic heterocycles. The average molecular weight is 800 g/mol. The Morgan fingerprint density at radius 2 is 1.33 bits per heavy atom. The molecule has 300 valence electrons. The van der Waals surface area contributed by atoms with E-state index >= 15 is 13.2 Å². The third kappa shape index (κ3) is 7.06. The fourth-order valence-electron chi connectivity index (χ4n) is 7.26. The van der Waals surface area contributed by atoms with Gasteiger partial charge in [-0.2, -0.15) is 13.2 Å². The number of nitrogens with one attached hydrogen (secondary N) is 1. The zero-order valence-electron chi connectivity index (χ0n) is 32.1. The van der Waals surface area contributed by atoms with Crippen molar-refractivity contribution in [3.05, 3.63) is 162 Å². The minimum atomic E-state index is -4.57. The number of rotatable bonds is 9. The Balaban J connectivity index is 1.38. The third-order valence-corrected chi connectivity index (χ3v) is 10.6. The molecule has 1 N–H and O–H groups in total. The number of halogens is 6. The van der Waals surface area contributed by atoms with Crippen LogP contribution in [0.4, 0.5) is 26.3 Å². The summed E-state index contributed by atoms with van der Waals surface area (Å²) in [5.74, 6) is -3.44. The smallest absolute Gasteiger partial charge is 0.417 e. The van der Waals surface area contributed by atoms with Gasteiger partial charge in [-0.3, -0.25) is 9.56 Å². The van der Waals surface area contributed by atoms with Gasteiger partial charge in [0.25, 0.3) is 0 Å². The first-order valence-electron chi connectivity index (χ1n) is 18.1. The first-order chi connectivity index (χ1) is 27.5. The lowest BCUT2D eigenvalue weighted by Gasteiger charge is -2.42. The van der Waals surface area contributed by atoms with Crippen LogP contribution in [0.25, 0.3) is 17.1 Å². The molecule has 0 unspecified atom stereocenters. The second kappa shape index (κ2) is 15.0. The Morgan fingerprint density at radius 3 is 1.88 bits per heavy atom. The number of nitrogens with zero attached hydrogens (tertiary/aromatic N) is 4. The van der Waals surface area contributed by atoms with Gasteiger partial charge in [0.1, 0.15) is 53.0 Å². The maximum absolute atomic E-state index is 17.2. The number of pyridine rings is 1. The van der Waals surface area contributed by atoms with Crippen LogP contribution in [-0.2, 0) is 22.0 Å². The standard InChI is InChI=1S/C44H39F6N5O3/c1-40(2)44(49,50)41(3,35-23-28(11-21-36(35)45)37-25-55(27-52-37)39-22-16-32(24-51-39)43(46,47)48)53-38(26-58-40)54-42(29-9-7-6-8-10-29,30-12-17-33(56-4)18-13-30)31-14-19-34(57-5)20-15-31/h6-25,27H,26H2,1-5H3,(H,53,54)/t41-/m1/s1. The highest BCUT2D eigenvalue weighted by Crippen LogP contribution is 2.51. The summed E-state index contributed by atoms with van der Waals surface area (Å²) in [6.07, 6.45) is -1.10. The van der Waals surface area contributed by atoms with E-state index in [0.29, 0.717) is 28.8 Å². The van der Waals surface area contributed by atoms with Crippen LogP contribution >= 0.6 is 0 Å². The Bertz CT molecular complexity index is 2370. The van der Waals surface area contributed by atoms with Crippen molar-refractivity contribution in [2.75, 3.05) is 20.8 Å². The van der Waals surface area contributed by atoms with Crippen LogP contribution in [0.1, 0.15) is 48.6 Å². The highest BCUT2D eigenvalue weighted by Gasteiger charge is 2.64. The number of hydrogen-bond donors (Lipinski definition) is 1. The van der Waals surface area contributed by atoms with E-state index in [0.717, 1.165) is 17.7 Å². The van der Waals surface area contributed by atoms with E-state index in [9.17, 15) is 13.2 Å². The van der Waals surface area contributed by atoms with Crippen molar-refractivity contribution in [3.8, 4) is 28.6 Å². The summed E-state index contributed by atoms with van der Waals surface area (Å²) in [7, 11) is 3.11. The number of amidine groups is 1. The molecule has 3 heterocycles. The van der Waals surface area contributed by atoms with Crippen molar-refractivity contribution in [2.24, 2.45) is 4.99 Å². The van der Waals surface area contributed by atoms with Gasteiger partial charge in [-0.05, 0) is 92.1 Å². The van der Waals surface area contributed by atoms with E-state index < -0.39 is 52.3 Å². The SMILES string of the molecule is COc1ccc(C(NC2=N[C@](C)(c3cc(-c4cn(-c5ccc(C(F)(F)F)cn5)cn4)ccc3F)C(F)(F)C(C)(C)OC2)(c2ccccc2)c2ccc(OC)cc2)cc1. The normalized spacial score (nSPS) is 17.9. The summed E-state index contributed by atoms with van der Waals surface area (Å²) >= 11 is 0. The highest BCUT2D eigenvalue weighted by molar-refractivity contribution is 5.87. The van der Waals surface area contributed by atoms with Gasteiger partial charge < -0.3 is 19.5 Å². The fourth-order valence-corrected chi connectivity index (χ4v) is 7.26. The largest absolute Gasteiger partial charge is 0.497 e. The van der Waals surface area contributed by atoms with Gasteiger partial charge in [0.15, 0.2) is 5.54 Å². The summed E-state index contributed by atoms with van der Waals surface area (Å²) in [5, 5.41) is 3.53. The van der Waals surface area contributed by atoms with Crippen LogP contribution in [0.15, 0.2) is 133 Å². The molecule has 0 saturated carbocycles. The van der Waals surface area contributed by atoms with Gasteiger partial charge in [-0.1, -0.05) is 54.6 Å². The van der Waals surface area contributed by atoms with Gasteiger partial charge in [0.05, 0.1) is 25.5 Å². The number of hydrogen-bond acceptors (Lipinski definition) is 7. The summed E-state index contributed by atoms with van der Waals surface area (Å²) < 4.78 is 108. The fraction of sp³-hybridized carbons (Fsp3) is 0.250. The Hall–Kier alpha value is -6.15. The molecule has 4 aromatic carbocycles. The second-order valence-electron chi connectivity index (χ2n) is 14.5. The Kier molecular flexibility index (Phi) is 10.3. The molecule has 0 amide bonds. The maximum Gasteiger partial charge on any atom is 0.417 e. The Morgan fingerprint density at radius 1 is 0.741 bits per heavy atom. The van der Waals surface area contributed by atoms with E-state index in [1.807, 2.05) is 54.6 Å². The number of alkyl halides is 5. The molecule has 0 fully saturated rings. The Labute approximate surface area is 331 Å². The monoisotopic (exact) mass is 799 g/mol. The third-order valence-electron chi connectivity index (χ3n) is 10.6. The molecule has 58 heavy (non-hydrogen) atoms. The molecule has 14 heteroatoms. The lowest BCUT2D eigenvalue weighted by atomic mass is 9.76. The zero-order valence-corrected chi connectivity index (χ0v) is 32.1. The van der Waals surface area contributed by atoms with Gasteiger partial charge in [-0.15, -0.1) is 0 Å². The van der Waals surface area contributed by atoms with Crippen molar-refractivity contribution in [2.45, 2.75) is 49.5 Å². The van der Waals surface area contributed by atoms with Gasteiger partial charge in [0, 0.05) is 23.5 Å². The van der Waals surface area contributed by atoms with Crippen molar-refractivity contribution >= 4 is 5.84 Å². The molecule has 0 saturated heterocycles. The van der Waals surface area contributed by atoms with Gasteiger partial charge >= 0.3 is 12.1 Å². The van der Waals surface area contributed by atoms with Crippen molar-refractivity contribution in [3.63, 3.8) is 0 Å². The van der Waals surface area contributed by atoms with E-state index in [2.05, 4.69) is 15.3 Å². The molecule has 0 radical (unpaired) electrons. The molecule has 2 aromatic heterocycles. The summed E-state index contributed by atoms with van der Waals surface area (Å²) in [6, 6.07) is 29.8.